The van der Waals surface area contributed by atoms with Crippen LogP contribution in [0.15, 0.2) is 65.3 Å². The topological polar surface area (TPSA) is 51.0 Å². The number of rotatable bonds is 4. The van der Waals surface area contributed by atoms with Crippen molar-refractivity contribution < 1.29 is 4.42 Å². The number of aryl methyl sites for hydroxylation is 2. The molecule has 26 heavy (non-hydrogen) atoms. The summed E-state index contributed by atoms with van der Waals surface area (Å²) in [5.74, 6) is 1.57. The maximum absolute atomic E-state index is 5.54. The number of benzene rings is 2. The zero-order valence-corrected chi connectivity index (χ0v) is 15.2. The van der Waals surface area contributed by atoms with Crippen LogP contribution in [-0.4, -0.2) is 9.97 Å². The maximum atomic E-state index is 5.54. The molecular weight excluding hydrogens is 322 g/mol. The van der Waals surface area contributed by atoms with Crippen molar-refractivity contribution in [2.75, 3.05) is 5.32 Å². The highest BCUT2D eigenvalue weighted by Gasteiger charge is 2.10. The Labute approximate surface area is 152 Å². The molecule has 1 atom stereocenters. The smallest absolute Gasteiger partial charge is 0.134 e. The van der Waals surface area contributed by atoms with Gasteiger partial charge in [-0.3, -0.25) is 0 Å². The van der Waals surface area contributed by atoms with Crippen LogP contribution in [0.4, 0.5) is 5.82 Å². The van der Waals surface area contributed by atoms with Gasteiger partial charge in [0.25, 0.3) is 0 Å². The second-order valence-corrected chi connectivity index (χ2v) is 6.59. The Hall–Kier alpha value is -3.14. The molecule has 0 aliphatic heterocycles. The first kappa shape index (κ1) is 16.3. The number of aromatic nitrogens is 2. The van der Waals surface area contributed by atoms with E-state index in [1.54, 1.807) is 6.26 Å². The Morgan fingerprint density at radius 3 is 2.58 bits per heavy atom. The number of fused-ring (bicyclic) bond motifs is 1. The molecular formula is C22H21N3O. The van der Waals surface area contributed by atoms with Crippen LogP contribution in [-0.2, 0) is 0 Å². The molecule has 0 saturated carbocycles. The first-order chi connectivity index (χ1) is 12.6. The van der Waals surface area contributed by atoms with E-state index in [2.05, 4.69) is 47.3 Å². The van der Waals surface area contributed by atoms with Crippen LogP contribution < -0.4 is 5.32 Å². The van der Waals surface area contributed by atoms with E-state index in [0.29, 0.717) is 0 Å². The normalized spacial score (nSPS) is 12.3. The van der Waals surface area contributed by atoms with Gasteiger partial charge in [0.1, 0.15) is 17.2 Å². The van der Waals surface area contributed by atoms with Gasteiger partial charge >= 0.3 is 0 Å². The Balaban J connectivity index is 1.68. The Morgan fingerprint density at radius 1 is 0.962 bits per heavy atom. The van der Waals surface area contributed by atoms with Gasteiger partial charge in [-0.1, -0.05) is 30.3 Å². The fraction of sp³-hybridized carbons (Fsp3) is 0.182. The van der Waals surface area contributed by atoms with Crippen LogP contribution in [0.2, 0.25) is 0 Å². The second-order valence-electron chi connectivity index (χ2n) is 6.59. The van der Waals surface area contributed by atoms with Gasteiger partial charge in [-0.15, -0.1) is 0 Å². The van der Waals surface area contributed by atoms with Gasteiger partial charge in [-0.05, 0) is 50.1 Å². The van der Waals surface area contributed by atoms with Gasteiger partial charge in [-0.2, -0.15) is 0 Å². The van der Waals surface area contributed by atoms with Crippen LogP contribution >= 0.6 is 0 Å². The molecule has 4 heteroatoms. The number of furan rings is 1. The number of hydrogen-bond acceptors (Lipinski definition) is 4. The molecule has 4 aromatic rings. The average Bonchev–Trinajstić information content (AvgIpc) is 3.02. The summed E-state index contributed by atoms with van der Waals surface area (Å²) < 4.78 is 5.54. The summed E-state index contributed by atoms with van der Waals surface area (Å²) in [6, 6.07) is 18.7. The summed E-state index contributed by atoms with van der Waals surface area (Å²) in [4.78, 5) is 9.18. The molecule has 0 fully saturated rings. The van der Waals surface area contributed by atoms with Crippen LogP contribution in [0.25, 0.3) is 22.2 Å². The van der Waals surface area contributed by atoms with Crippen molar-refractivity contribution in [2.45, 2.75) is 26.8 Å². The standard InChI is InChI=1S/C22H21N3O/c1-14-13-26-21-10-9-18(11-19(14)21)20-12-22(25-16(3)24-20)23-15(2)17-7-5-4-6-8-17/h4-13,15H,1-3H3,(H,23,24,25)/t15-/m0/s1. The first-order valence-electron chi connectivity index (χ1n) is 8.75. The molecule has 0 aliphatic carbocycles. The molecule has 4 nitrogen and oxygen atoms in total. The van der Waals surface area contributed by atoms with Gasteiger partial charge in [-0.25, -0.2) is 9.97 Å². The Kier molecular flexibility index (Phi) is 4.17. The molecule has 130 valence electrons. The Morgan fingerprint density at radius 2 is 1.77 bits per heavy atom. The molecule has 4 rings (SSSR count). The highest BCUT2D eigenvalue weighted by atomic mass is 16.3. The lowest BCUT2D eigenvalue weighted by molar-refractivity contribution is 0.613. The molecule has 2 aromatic carbocycles. The number of anilines is 1. The molecule has 0 spiro atoms. The van der Waals surface area contributed by atoms with Crippen molar-refractivity contribution in [1.29, 1.82) is 0 Å². The van der Waals surface area contributed by atoms with Gasteiger partial charge in [0.15, 0.2) is 0 Å². The van der Waals surface area contributed by atoms with Crippen molar-refractivity contribution >= 4 is 16.8 Å². The SMILES string of the molecule is Cc1nc(N[C@@H](C)c2ccccc2)cc(-c2ccc3occ(C)c3c2)n1. The van der Waals surface area contributed by atoms with Crippen LogP contribution in [0.1, 0.15) is 29.9 Å². The highest BCUT2D eigenvalue weighted by Crippen LogP contribution is 2.28. The van der Waals surface area contributed by atoms with Crippen molar-refractivity contribution in [1.82, 2.24) is 9.97 Å². The van der Waals surface area contributed by atoms with Crippen molar-refractivity contribution in [3.63, 3.8) is 0 Å². The van der Waals surface area contributed by atoms with E-state index in [4.69, 9.17) is 4.42 Å². The predicted octanol–water partition coefficient (Wildman–Crippen LogP) is 5.68. The van der Waals surface area contributed by atoms with Crippen molar-refractivity contribution in [3.8, 4) is 11.3 Å². The summed E-state index contributed by atoms with van der Waals surface area (Å²) in [5.41, 5.74) is 5.21. The quantitative estimate of drug-likeness (QED) is 0.518. The molecule has 0 bridgehead atoms. The lowest BCUT2D eigenvalue weighted by Gasteiger charge is -2.16. The lowest BCUT2D eigenvalue weighted by atomic mass is 10.1. The summed E-state index contributed by atoms with van der Waals surface area (Å²) in [6.07, 6.45) is 1.79. The fourth-order valence-corrected chi connectivity index (χ4v) is 3.15. The minimum absolute atomic E-state index is 0.164. The van der Waals surface area contributed by atoms with E-state index >= 15 is 0 Å². The first-order valence-corrected chi connectivity index (χ1v) is 8.75. The molecule has 0 aliphatic rings. The molecule has 0 unspecified atom stereocenters. The van der Waals surface area contributed by atoms with Crippen LogP contribution in [0.3, 0.4) is 0 Å². The maximum Gasteiger partial charge on any atom is 0.134 e. The third kappa shape index (κ3) is 3.18. The second kappa shape index (κ2) is 6.64. The molecule has 0 radical (unpaired) electrons. The van der Waals surface area contributed by atoms with Gasteiger partial charge in [0.2, 0.25) is 0 Å². The zero-order valence-electron chi connectivity index (χ0n) is 15.2. The zero-order chi connectivity index (χ0) is 18.1. The highest BCUT2D eigenvalue weighted by molar-refractivity contribution is 5.85. The van der Waals surface area contributed by atoms with Gasteiger partial charge in [0, 0.05) is 23.1 Å². The summed E-state index contributed by atoms with van der Waals surface area (Å²) in [6.45, 7) is 6.10. The monoisotopic (exact) mass is 343 g/mol. The number of hydrogen-bond donors (Lipinski definition) is 1. The third-order valence-electron chi connectivity index (χ3n) is 4.56. The van der Waals surface area contributed by atoms with E-state index in [9.17, 15) is 0 Å². The third-order valence-corrected chi connectivity index (χ3v) is 4.56. The molecule has 1 N–H and O–H groups in total. The summed E-state index contributed by atoms with van der Waals surface area (Å²) in [7, 11) is 0. The molecule has 2 aromatic heterocycles. The number of nitrogens with one attached hydrogen (secondary N) is 1. The summed E-state index contributed by atoms with van der Waals surface area (Å²) >= 11 is 0. The fourth-order valence-electron chi connectivity index (χ4n) is 3.15. The van der Waals surface area contributed by atoms with Gasteiger partial charge < -0.3 is 9.73 Å². The Bertz CT molecular complexity index is 1050. The minimum Gasteiger partial charge on any atom is -0.464 e. The van der Waals surface area contributed by atoms with Gasteiger partial charge in [0.05, 0.1) is 12.0 Å². The minimum atomic E-state index is 0.164. The summed E-state index contributed by atoms with van der Waals surface area (Å²) in [5, 5.41) is 4.60. The average molecular weight is 343 g/mol. The largest absolute Gasteiger partial charge is 0.464 e. The van der Waals surface area contributed by atoms with E-state index in [0.717, 1.165) is 39.4 Å². The van der Waals surface area contributed by atoms with Crippen molar-refractivity contribution in [3.05, 3.63) is 77.8 Å². The van der Waals surface area contributed by atoms with Crippen LogP contribution in [0, 0.1) is 13.8 Å². The van der Waals surface area contributed by atoms with Crippen molar-refractivity contribution in [2.24, 2.45) is 0 Å². The lowest BCUT2D eigenvalue weighted by Crippen LogP contribution is -2.09. The molecule has 2 heterocycles. The number of nitrogens with zero attached hydrogens (tertiary/aromatic N) is 2. The predicted molar refractivity (Wildman–Crippen MR) is 105 cm³/mol. The van der Waals surface area contributed by atoms with E-state index in [1.165, 1.54) is 5.56 Å². The molecule has 0 amide bonds. The van der Waals surface area contributed by atoms with E-state index in [1.807, 2.05) is 43.3 Å². The van der Waals surface area contributed by atoms with Crippen LogP contribution in [0.5, 0.6) is 0 Å². The van der Waals surface area contributed by atoms with E-state index in [-0.39, 0.29) is 6.04 Å². The van der Waals surface area contributed by atoms with E-state index < -0.39 is 0 Å². The molecule has 0 saturated heterocycles.